The number of piperazine rings is 1. The summed E-state index contributed by atoms with van der Waals surface area (Å²) in [6, 6.07) is 4.67. The molecule has 0 spiro atoms. The number of hydrogen-bond acceptors (Lipinski definition) is 5. The summed E-state index contributed by atoms with van der Waals surface area (Å²) in [7, 11) is 0. The Morgan fingerprint density at radius 2 is 1.66 bits per heavy atom. The third-order valence-corrected chi connectivity index (χ3v) is 5.91. The van der Waals surface area contributed by atoms with Crippen molar-refractivity contribution >= 4 is 17.5 Å². The molecule has 0 aromatic heterocycles. The van der Waals surface area contributed by atoms with Gasteiger partial charge in [-0.05, 0) is 38.9 Å². The van der Waals surface area contributed by atoms with Crippen LogP contribution in [0.25, 0.3) is 0 Å². The quantitative estimate of drug-likeness (QED) is 0.653. The van der Waals surface area contributed by atoms with Crippen LogP contribution in [0.1, 0.15) is 34.1 Å². The molecular formula is C22H32FN3O3. The number of carbonyl (C=O) groups excluding carboxylic acids is 2. The van der Waals surface area contributed by atoms with E-state index in [2.05, 4.69) is 9.80 Å². The van der Waals surface area contributed by atoms with Crippen molar-refractivity contribution in [2.45, 2.75) is 40.2 Å². The van der Waals surface area contributed by atoms with Crippen molar-refractivity contribution in [3.63, 3.8) is 0 Å². The average molecular weight is 406 g/mol. The van der Waals surface area contributed by atoms with Crippen LogP contribution in [0.2, 0.25) is 0 Å². The lowest BCUT2D eigenvalue weighted by Crippen LogP contribution is -2.47. The number of ether oxygens (including phenoxy) is 1. The molecule has 29 heavy (non-hydrogen) atoms. The first-order chi connectivity index (χ1) is 13.8. The SMILES string of the molecule is CC(C)Oc1ccc(F)cc1N1CCN(CCCN2C(=O)C(C)C(C)C2=O)CC1. The van der Waals surface area contributed by atoms with Gasteiger partial charge in [-0.1, -0.05) is 13.8 Å². The molecule has 2 heterocycles. The van der Waals surface area contributed by atoms with Gasteiger partial charge in [0.1, 0.15) is 11.6 Å². The van der Waals surface area contributed by atoms with E-state index in [1.807, 2.05) is 27.7 Å². The predicted octanol–water partition coefficient (Wildman–Crippen LogP) is 2.77. The van der Waals surface area contributed by atoms with Gasteiger partial charge in [0.25, 0.3) is 0 Å². The monoisotopic (exact) mass is 405 g/mol. The molecule has 3 rings (SSSR count). The molecule has 2 atom stereocenters. The van der Waals surface area contributed by atoms with Gasteiger partial charge in [0.2, 0.25) is 11.8 Å². The highest BCUT2D eigenvalue weighted by molar-refractivity contribution is 6.04. The van der Waals surface area contributed by atoms with E-state index < -0.39 is 0 Å². The molecule has 1 aromatic carbocycles. The van der Waals surface area contributed by atoms with Crippen molar-refractivity contribution in [3.05, 3.63) is 24.0 Å². The molecule has 0 radical (unpaired) electrons. The molecule has 2 aliphatic heterocycles. The van der Waals surface area contributed by atoms with Crippen LogP contribution in [0.3, 0.4) is 0 Å². The van der Waals surface area contributed by atoms with Crippen LogP contribution in [-0.4, -0.2) is 67.0 Å². The number of amides is 2. The summed E-state index contributed by atoms with van der Waals surface area (Å²) >= 11 is 0. The van der Waals surface area contributed by atoms with E-state index in [1.54, 1.807) is 12.1 Å². The van der Waals surface area contributed by atoms with E-state index in [1.165, 1.54) is 11.0 Å². The van der Waals surface area contributed by atoms with Gasteiger partial charge < -0.3 is 9.64 Å². The van der Waals surface area contributed by atoms with Crippen LogP contribution in [0.15, 0.2) is 18.2 Å². The molecule has 0 N–H and O–H groups in total. The fourth-order valence-corrected chi connectivity index (χ4v) is 4.00. The summed E-state index contributed by atoms with van der Waals surface area (Å²) in [6.45, 7) is 12.2. The van der Waals surface area contributed by atoms with Crippen molar-refractivity contribution in [1.29, 1.82) is 0 Å². The molecule has 6 nitrogen and oxygen atoms in total. The number of likely N-dealkylation sites (tertiary alicyclic amines) is 1. The van der Waals surface area contributed by atoms with Gasteiger partial charge in [-0.15, -0.1) is 0 Å². The van der Waals surface area contributed by atoms with Crippen LogP contribution < -0.4 is 9.64 Å². The van der Waals surface area contributed by atoms with E-state index >= 15 is 0 Å². The Bertz CT molecular complexity index is 727. The summed E-state index contributed by atoms with van der Waals surface area (Å²) in [5.41, 5.74) is 0.801. The third kappa shape index (κ3) is 4.89. The second-order valence-electron chi connectivity index (χ2n) is 8.37. The molecule has 0 aliphatic carbocycles. The molecule has 2 unspecified atom stereocenters. The number of rotatable bonds is 7. The minimum atomic E-state index is -0.262. The maximum Gasteiger partial charge on any atom is 0.232 e. The Kier molecular flexibility index (Phi) is 6.77. The van der Waals surface area contributed by atoms with Crippen molar-refractivity contribution in [3.8, 4) is 5.75 Å². The maximum absolute atomic E-state index is 13.8. The van der Waals surface area contributed by atoms with Crippen molar-refractivity contribution < 1.29 is 18.7 Å². The Hall–Kier alpha value is -2.15. The van der Waals surface area contributed by atoms with E-state index in [4.69, 9.17) is 4.74 Å². The minimum absolute atomic E-state index is 0.0296. The minimum Gasteiger partial charge on any atom is -0.489 e. The molecule has 160 valence electrons. The molecular weight excluding hydrogens is 373 g/mol. The predicted molar refractivity (Wildman–Crippen MR) is 110 cm³/mol. The van der Waals surface area contributed by atoms with Crippen LogP contribution in [0, 0.1) is 17.7 Å². The number of halogens is 1. The smallest absolute Gasteiger partial charge is 0.232 e. The number of anilines is 1. The van der Waals surface area contributed by atoms with Crippen LogP contribution in [-0.2, 0) is 9.59 Å². The lowest BCUT2D eigenvalue weighted by Gasteiger charge is -2.37. The van der Waals surface area contributed by atoms with Gasteiger partial charge >= 0.3 is 0 Å². The lowest BCUT2D eigenvalue weighted by molar-refractivity contribution is -0.139. The first kappa shape index (κ1) is 21.6. The summed E-state index contributed by atoms with van der Waals surface area (Å²) in [5, 5.41) is 0. The second-order valence-corrected chi connectivity index (χ2v) is 8.37. The molecule has 7 heteroatoms. The fraction of sp³-hybridized carbons (Fsp3) is 0.636. The molecule has 2 aliphatic rings. The van der Waals surface area contributed by atoms with E-state index in [-0.39, 0.29) is 35.6 Å². The van der Waals surface area contributed by atoms with Crippen molar-refractivity contribution in [1.82, 2.24) is 9.80 Å². The van der Waals surface area contributed by atoms with Crippen LogP contribution >= 0.6 is 0 Å². The first-order valence-electron chi connectivity index (χ1n) is 10.6. The molecule has 2 fully saturated rings. The molecule has 2 amide bonds. The molecule has 0 bridgehead atoms. The summed E-state index contributed by atoms with van der Waals surface area (Å²) in [4.78, 5) is 30.3. The summed E-state index contributed by atoms with van der Waals surface area (Å²) in [5.74, 6) is -0.0579. The highest BCUT2D eigenvalue weighted by Gasteiger charge is 2.41. The van der Waals surface area contributed by atoms with Gasteiger partial charge in [-0.2, -0.15) is 0 Å². The Balaban J connectivity index is 1.50. The maximum atomic E-state index is 13.8. The lowest BCUT2D eigenvalue weighted by atomic mass is 10.00. The normalized spacial score (nSPS) is 23.4. The number of nitrogens with zero attached hydrogens (tertiary/aromatic N) is 3. The summed E-state index contributed by atoms with van der Waals surface area (Å²) in [6.07, 6.45) is 0.806. The molecule has 1 aromatic rings. The average Bonchev–Trinajstić information content (AvgIpc) is 2.87. The van der Waals surface area contributed by atoms with Crippen LogP contribution in [0.4, 0.5) is 10.1 Å². The summed E-state index contributed by atoms with van der Waals surface area (Å²) < 4.78 is 19.6. The number of benzene rings is 1. The first-order valence-corrected chi connectivity index (χ1v) is 10.6. The number of carbonyl (C=O) groups is 2. The topological polar surface area (TPSA) is 53.1 Å². The van der Waals surface area contributed by atoms with E-state index in [0.717, 1.165) is 44.8 Å². The van der Waals surface area contributed by atoms with Crippen molar-refractivity contribution in [2.75, 3.05) is 44.2 Å². The van der Waals surface area contributed by atoms with Crippen molar-refractivity contribution in [2.24, 2.45) is 11.8 Å². The fourth-order valence-electron chi connectivity index (χ4n) is 4.00. The second kappa shape index (κ2) is 9.11. The zero-order chi connectivity index (χ0) is 21.1. The Labute approximate surface area is 172 Å². The number of hydrogen-bond donors (Lipinski definition) is 0. The highest BCUT2D eigenvalue weighted by Crippen LogP contribution is 2.31. The van der Waals surface area contributed by atoms with E-state index in [0.29, 0.717) is 12.3 Å². The third-order valence-electron chi connectivity index (χ3n) is 5.91. The van der Waals surface area contributed by atoms with E-state index in [9.17, 15) is 14.0 Å². The zero-order valence-corrected chi connectivity index (χ0v) is 17.9. The van der Waals surface area contributed by atoms with Gasteiger partial charge in [0.15, 0.2) is 0 Å². The zero-order valence-electron chi connectivity index (χ0n) is 17.9. The van der Waals surface area contributed by atoms with Gasteiger partial charge in [-0.25, -0.2) is 4.39 Å². The highest BCUT2D eigenvalue weighted by atomic mass is 19.1. The van der Waals surface area contributed by atoms with Crippen LogP contribution in [0.5, 0.6) is 5.75 Å². The van der Waals surface area contributed by atoms with Gasteiger partial charge in [-0.3, -0.25) is 19.4 Å². The Morgan fingerprint density at radius 3 is 2.24 bits per heavy atom. The largest absolute Gasteiger partial charge is 0.489 e. The molecule has 2 saturated heterocycles. The van der Waals surface area contributed by atoms with Gasteiger partial charge in [0, 0.05) is 50.6 Å². The Morgan fingerprint density at radius 1 is 1.03 bits per heavy atom. The standard InChI is InChI=1S/C22H32FN3O3/c1-15(2)29-20-7-6-18(23)14-19(20)25-12-10-24(11-13-25)8-5-9-26-21(27)16(3)17(4)22(26)28/h6-7,14-17H,5,8-13H2,1-4H3. The molecule has 0 saturated carbocycles. The van der Waals surface area contributed by atoms with Gasteiger partial charge in [0.05, 0.1) is 11.8 Å². The number of imide groups is 1.